The minimum absolute atomic E-state index is 0.232. The molecule has 4 rings (SSSR count). The standard InChI is InChI=1S/C19H18FN5O2/c1-11-8-16-22-15(9-12(2)25(16)23-11)19(27)24-7-6-21-18(26)17(24)13-4-3-5-14(20)10-13/h3-5,8-10,17H,6-7H2,1-2H3,(H,21,26). The number of fused-ring (bicyclic) bond motifs is 1. The minimum Gasteiger partial charge on any atom is -0.352 e. The van der Waals surface area contributed by atoms with E-state index in [1.807, 2.05) is 13.8 Å². The lowest BCUT2D eigenvalue weighted by molar-refractivity contribution is -0.128. The molecule has 1 aliphatic heterocycles. The van der Waals surface area contributed by atoms with Crippen molar-refractivity contribution < 1.29 is 14.0 Å². The number of piperazine rings is 1. The van der Waals surface area contributed by atoms with Crippen LogP contribution in [0, 0.1) is 19.7 Å². The maximum atomic E-state index is 13.7. The molecule has 2 aromatic heterocycles. The normalized spacial score (nSPS) is 17.2. The zero-order valence-electron chi connectivity index (χ0n) is 14.9. The molecule has 1 unspecified atom stereocenters. The van der Waals surface area contributed by atoms with Gasteiger partial charge in [0.05, 0.1) is 5.69 Å². The summed E-state index contributed by atoms with van der Waals surface area (Å²) in [5.41, 5.74) is 2.79. The number of nitrogens with zero attached hydrogens (tertiary/aromatic N) is 4. The Bertz CT molecular complexity index is 1060. The van der Waals surface area contributed by atoms with Gasteiger partial charge in [-0.25, -0.2) is 13.9 Å². The lowest BCUT2D eigenvalue weighted by Crippen LogP contribution is -2.52. The fraction of sp³-hybridized carbons (Fsp3) is 0.263. The Kier molecular flexibility index (Phi) is 4.10. The summed E-state index contributed by atoms with van der Waals surface area (Å²) in [5.74, 6) is -1.16. The van der Waals surface area contributed by atoms with Gasteiger partial charge in [0.2, 0.25) is 5.91 Å². The Hall–Kier alpha value is -3.29. The highest BCUT2D eigenvalue weighted by atomic mass is 19.1. The average molecular weight is 367 g/mol. The van der Waals surface area contributed by atoms with Crippen LogP contribution in [0.4, 0.5) is 4.39 Å². The van der Waals surface area contributed by atoms with Crippen molar-refractivity contribution >= 4 is 17.5 Å². The first-order valence-electron chi connectivity index (χ1n) is 8.62. The van der Waals surface area contributed by atoms with E-state index in [-0.39, 0.29) is 17.5 Å². The van der Waals surface area contributed by atoms with E-state index in [9.17, 15) is 14.0 Å². The van der Waals surface area contributed by atoms with E-state index in [2.05, 4.69) is 15.4 Å². The number of hydrogen-bond donors (Lipinski definition) is 1. The van der Waals surface area contributed by atoms with Crippen molar-refractivity contribution in [1.29, 1.82) is 0 Å². The summed E-state index contributed by atoms with van der Waals surface area (Å²) in [6, 6.07) is 8.29. The van der Waals surface area contributed by atoms with Gasteiger partial charge in [-0.2, -0.15) is 5.10 Å². The number of aromatic nitrogens is 3. The third-order valence-corrected chi connectivity index (χ3v) is 4.58. The molecule has 27 heavy (non-hydrogen) atoms. The van der Waals surface area contributed by atoms with E-state index in [0.29, 0.717) is 24.3 Å². The van der Waals surface area contributed by atoms with Crippen LogP contribution in [0.1, 0.15) is 33.5 Å². The quantitative estimate of drug-likeness (QED) is 0.749. The zero-order valence-corrected chi connectivity index (χ0v) is 14.9. The second kappa shape index (κ2) is 6.46. The van der Waals surface area contributed by atoms with Crippen molar-refractivity contribution in [2.75, 3.05) is 13.1 Å². The van der Waals surface area contributed by atoms with Crippen molar-refractivity contribution in [2.24, 2.45) is 0 Å². The van der Waals surface area contributed by atoms with Gasteiger partial charge in [-0.05, 0) is 37.6 Å². The molecule has 1 aromatic carbocycles. The number of amides is 2. The number of hydrogen-bond acceptors (Lipinski definition) is 4. The molecule has 1 fully saturated rings. The molecule has 0 spiro atoms. The first kappa shape index (κ1) is 17.1. The summed E-state index contributed by atoms with van der Waals surface area (Å²) in [4.78, 5) is 31.5. The number of carbonyl (C=O) groups is 2. The topological polar surface area (TPSA) is 79.6 Å². The molecule has 0 bridgehead atoms. The van der Waals surface area contributed by atoms with Crippen molar-refractivity contribution in [3.63, 3.8) is 0 Å². The smallest absolute Gasteiger partial charge is 0.273 e. The summed E-state index contributed by atoms with van der Waals surface area (Å²) in [5, 5.41) is 7.07. The van der Waals surface area contributed by atoms with Gasteiger partial charge in [-0.15, -0.1) is 0 Å². The van der Waals surface area contributed by atoms with Gasteiger partial charge < -0.3 is 10.2 Å². The van der Waals surface area contributed by atoms with Crippen LogP contribution in [0.5, 0.6) is 0 Å². The van der Waals surface area contributed by atoms with Crippen LogP contribution in [-0.2, 0) is 4.79 Å². The maximum absolute atomic E-state index is 13.7. The van der Waals surface area contributed by atoms with Gasteiger partial charge in [-0.3, -0.25) is 9.59 Å². The molecule has 3 heterocycles. The highest BCUT2D eigenvalue weighted by molar-refractivity contribution is 5.97. The molecule has 3 aromatic rings. The summed E-state index contributed by atoms with van der Waals surface area (Å²) >= 11 is 0. The highest BCUT2D eigenvalue weighted by Gasteiger charge is 2.35. The molecule has 0 saturated carbocycles. The van der Waals surface area contributed by atoms with Gasteiger partial charge >= 0.3 is 0 Å². The number of aryl methyl sites for hydroxylation is 2. The molecular weight excluding hydrogens is 349 g/mol. The lowest BCUT2D eigenvalue weighted by atomic mass is 10.0. The zero-order chi connectivity index (χ0) is 19.1. The van der Waals surface area contributed by atoms with Gasteiger partial charge in [0.15, 0.2) is 5.65 Å². The van der Waals surface area contributed by atoms with Crippen LogP contribution < -0.4 is 5.32 Å². The lowest BCUT2D eigenvalue weighted by Gasteiger charge is -2.35. The second-order valence-corrected chi connectivity index (χ2v) is 6.59. The number of benzene rings is 1. The monoisotopic (exact) mass is 367 g/mol. The van der Waals surface area contributed by atoms with Crippen LogP contribution in [0.3, 0.4) is 0 Å². The summed E-state index contributed by atoms with van der Waals surface area (Å²) in [7, 11) is 0. The Morgan fingerprint density at radius 2 is 2.07 bits per heavy atom. The molecule has 138 valence electrons. The van der Waals surface area contributed by atoms with Crippen LogP contribution in [0.15, 0.2) is 36.4 Å². The van der Waals surface area contributed by atoms with Crippen molar-refractivity contribution in [3.8, 4) is 0 Å². The predicted octanol–water partition coefficient (Wildman–Crippen LogP) is 1.80. The third kappa shape index (κ3) is 3.03. The Morgan fingerprint density at radius 1 is 1.26 bits per heavy atom. The van der Waals surface area contributed by atoms with Crippen molar-refractivity contribution in [1.82, 2.24) is 24.8 Å². The molecule has 0 radical (unpaired) electrons. The number of rotatable bonds is 2. The summed E-state index contributed by atoms with van der Waals surface area (Å²) in [6.07, 6.45) is 0. The third-order valence-electron chi connectivity index (χ3n) is 4.58. The molecule has 0 aliphatic carbocycles. The van der Waals surface area contributed by atoms with E-state index in [1.165, 1.54) is 23.1 Å². The minimum atomic E-state index is -0.896. The first-order chi connectivity index (χ1) is 12.9. The molecular formula is C19H18FN5O2. The van der Waals surface area contributed by atoms with E-state index < -0.39 is 11.9 Å². The van der Waals surface area contributed by atoms with E-state index >= 15 is 0 Å². The second-order valence-electron chi connectivity index (χ2n) is 6.59. The molecule has 1 N–H and O–H groups in total. The van der Waals surface area contributed by atoms with E-state index in [0.717, 1.165) is 11.4 Å². The average Bonchev–Trinajstić information content (AvgIpc) is 3.01. The fourth-order valence-electron chi connectivity index (χ4n) is 3.39. The number of halogens is 1. The van der Waals surface area contributed by atoms with Gasteiger partial charge in [0, 0.05) is 24.8 Å². The van der Waals surface area contributed by atoms with Crippen LogP contribution in [-0.4, -0.2) is 44.4 Å². The van der Waals surface area contributed by atoms with E-state index in [1.54, 1.807) is 22.7 Å². The van der Waals surface area contributed by atoms with Crippen LogP contribution in [0.2, 0.25) is 0 Å². The van der Waals surface area contributed by atoms with Gasteiger partial charge in [0.25, 0.3) is 5.91 Å². The highest BCUT2D eigenvalue weighted by Crippen LogP contribution is 2.26. The number of carbonyl (C=O) groups excluding carboxylic acids is 2. The number of nitrogens with one attached hydrogen (secondary N) is 1. The summed E-state index contributed by atoms with van der Waals surface area (Å²) in [6.45, 7) is 4.34. The molecule has 1 aliphatic rings. The van der Waals surface area contributed by atoms with Gasteiger partial charge in [0.1, 0.15) is 17.6 Å². The van der Waals surface area contributed by atoms with Gasteiger partial charge in [-0.1, -0.05) is 12.1 Å². The largest absolute Gasteiger partial charge is 0.352 e. The Labute approximate surface area is 154 Å². The fourth-order valence-corrected chi connectivity index (χ4v) is 3.39. The van der Waals surface area contributed by atoms with Crippen LogP contribution >= 0.6 is 0 Å². The van der Waals surface area contributed by atoms with Crippen molar-refractivity contribution in [2.45, 2.75) is 19.9 Å². The molecule has 1 saturated heterocycles. The Morgan fingerprint density at radius 3 is 2.85 bits per heavy atom. The van der Waals surface area contributed by atoms with E-state index in [4.69, 9.17) is 0 Å². The molecule has 8 heteroatoms. The molecule has 7 nitrogen and oxygen atoms in total. The summed E-state index contributed by atoms with van der Waals surface area (Å²) < 4.78 is 15.3. The Balaban J connectivity index is 1.75. The first-order valence-corrected chi connectivity index (χ1v) is 8.62. The predicted molar refractivity (Wildman–Crippen MR) is 95.6 cm³/mol. The molecule has 2 amide bonds. The molecule has 1 atom stereocenters. The van der Waals surface area contributed by atoms with Crippen LogP contribution in [0.25, 0.3) is 5.65 Å². The maximum Gasteiger partial charge on any atom is 0.273 e. The van der Waals surface area contributed by atoms with Crippen molar-refractivity contribution in [3.05, 3.63) is 64.9 Å². The SMILES string of the molecule is Cc1cc2nc(C(=O)N3CCNC(=O)C3c3cccc(F)c3)cc(C)n2n1.